The number of carbonyl (C=O) groups is 1. The average Bonchev–Trinajstić information content (AvgIpc) is 2.98. The predicted molar refractivity (Wildman–Crippen MR) is 92.1 cm³/mol. The Labute approximate surface area is 147 Å². The molecule has 1 heterocycles. The van der Waals surface area contributed by atoms with Crippen LogP contribution in [0.3, 0.4) is 0 Å². The standard InChI is InChI=1S/C17H12Cl2FN3O/c18-14-2-1-3-15(19)13(14)10-23-16(8-9-21-23)22-17(24)11-4-6-12(20)7-5-11/h1-9H,10H2,(H,22,24). The first-order valence-electron chi connectivity index (χ1n) is 7.06. The highest BCUT2D eigenvalue weighted by molar-refractivity contribution is 6.36. The molecule has 0 bridgehead atoms. The van der Waals surface area contributed by atoms with Gasteiger partial charge in [0, 0.05) is 27.2 Å². The van der Waals surface area contributed by atoms with Gasteiger partial charge in [-0.05, 0) is 36.4 Å². The molecule has 1 aromatic heterocycles. The van der Waals surface area contributed by atoms with Crippen LogP contribution in [-0.4, -0.2) is 15.7 Å². The van der Waals surface area contributed by atoms with Gasteiger partial charge in [-0.2, -0.15) is 5.10 Å². The van der Waals surface area contributed by atoms with Gasteiger partial charge in [-0.3, -0.25) is 4.79 Å². The molecular formula is C17H12Cl2FN3O. The van der Waals surface area contributed by atoms with Gasteiger partial charge >= 0.3 is 0 Å². The lowest BCUT2D eigenvalue weighted by molar-refractivity contribution is 0.102. The molecule has 0 aliphatic heterocycles. The number of aromatic nitrogens is 2. The molecule has 0 spiro atoms. The van der Waals surface area contributed by atoms with Crippen molar-refractivity contribution in [2.45, 2.75) is 6.54 Å². The molecule has 0 radical (unpaired) electrons. The maximum absolute atomic E-state index is 12.9. The third-order valence-electron chi connectivity index (χ3n) is 3.43. The Hall–Kier alpha value is -2.37. The molecule has 4 nitrogen and oxygen atoms in total. The monoisotopic (exact) mass is 363 g/mol. The van der Waals surface area contributed by atoms with E-state index in [1.807, 2.05) is 0 Å². The van der Waals surface area contributed by atoms with Gasteiger partial charge in [-0.15, -0.1) is 0 Å². The van der Waals surface area contributed by atoms with Gasteiger partial charge in [0.05, 0.1) is 12.7 Å². The van der Waals surface area contributed by atoms with E-state index in [-0.39, 0.29) is 5.91 Å². The van der Waals surface area contributed by atoms with E-state index < -0.39 is 5.82 Å². The lowest BCUT2D eigenvalue weighted by Gasteiger charge is -2.11. The van der Waals surface area contributed by atoms with E-state index in [1.54, 1.807) is 35.1 Å². The van der Waals surface area contributed by atoms with Crippen molar-refractivity contribution >= 4 is 34.9 Å². The van der Waals surface area contributed by atoms with Gasteiger partial charge in [0.1, 0.15) is 11.6 Å². The maximum atomic E-state index is 12.9. The number of nitrogens with one attached hydrogen (secondary N) is 1. The fourth-order valence-electron chi connectivity index (χ4n) is 2.19. The predicted octanol–water partition coefficient (Wildman–Crippen LogP) is 4.63. The van der Waals surface area contributed by atoms with Crippen molar-refractivity contribution in [1.29, 1.82) is 0 Å². The number of carbonyl (C=O) groups excluding carboxylic acids is 1. The van der Waals surface area contributed by atoms with Crippen molar-refractivity contribution in [3.05, 3.63) is 81.7 Å². The molecule has 7 heteroatoms. The molecule has 24 heavy (non-hydrogen) atoms. The summed E-state index contributed by atoms with van der Waals surface area (Å²) in [5.41, 5.74) is 1.06. The van der Waals surface area contributed by atoms with Crippen LogP contribution in [0.25, 0.3) is 0 Å². The number of nitrogens with zero attached hydrogens (tertiary/aromatic N) is 2. The number of halogens is 3. The van der Waals surface area contributed by atoms with E-state index >= 15 is 0 Å². The lowest BCUT2D eigenvalue weighted by atomic mass is 10.2. The van der Waals surface area contributed by atoms with Gasteiger partial charge in [0.2, 0.25) is 0 Å². The average molecular weight is 364 g/mol. The maximum Gasteiger partial charge on any atom is 0.256 e. The quantitative estimate of drug-likeness (QED) is 0.734. The first-order chi connectivity index (χ1) is 11.5. The Bertz CT molecular complexity index is 858. The van der Waals surface area contributed by atoms with Gasteiger partial charge in [-0.1, -0.05) is 29.3 Å². The van der Waals surface area contributed by atoms with Crippen molar-refractivity contribution in [2.75, 3.05) is 5.32 Å². The zero-order chi connectivity index (χ0) is 17.1. The fraction of sp³-hybridized carbons (Fsp3) is 0.0588. The second kappa shape index (κ2) is 7.03. The van der Waals surface area contributed by atoms with E-state index in [9.17, 15) is 9.18 Å². The lowest BCUT2D eigenvalue weighted by Crippen LogP contribution is -2.16. The fourth-order valence-corrected chi connectivity index (χ4v) is 2.70. The summed E-state index contributed by atoms with van der Waals surface area (Å²) in [6.45, 7) is 0.310. The molecule has 0 atom stereocenters. The highest BCUT2D eigenvalue weighted by Crippen LogP contribution is 2.26. The molecule has 0 fully saturated rings. The third kappa shape index (κ3) is 3.58. The van der Waals surface area contributed by atoms with E-state index in [1.165, 1.54) is 24.3 Å². The molecule has 3 aromatic rings. The zero-order valence-electron chi connectivity index (χ0n) is 12.3. The molecule has 0 aliphatic rings. The summed E-state index contributed by atoms with van der Waals surface area (Å²) in [5.74, 6) is -0.271. The van der Waals surface area contributed by atoms with E-state index in [4.69, 9.17) is 23.2 Å². The molecule has 1 N–H and O–H groups in total. The summed E-state index contributed by atoms with van der Waals surface area (Å²) in [7, 11) is 0. The molecule has 0 saturated carbocycles. The van der Waals surface area contributed by atoms with E-state index in [0.29, 0.717) is 33.5 Å². The molecule has 0 saturated heterocycles. The summed E-state index contributed by atoms with van der Waals surface area (Å²) in [6, 6.07) is 12.2. The normalized spacial score (nSPS) is 10.6. The first-order valence-corrected chi connectivity index (χ1v) is 7.82. The number of amides is 1. The van der Waals surface area contributed by atoms with E-state index in [0.717, 1.165) is 0 Å². The third-order valence-corrected chi connectivity index (χ3v) is 4.14. The Kier molecular flexibility index (Phi) is 4.83. The minimum atomic E-state index is -0.398. The molecule has 3 rings (SSSR count). The van der Waals surface area contributed by atoms with Crippen LogP contribution in [0, 0.1) is 5.82 Å². The minimum Gasteiger partial charge on any atom is -0.307 e. The Morgan fingerprint density at radius 1 is 1.08 bits per heavy atom. The van der Waals surface area contributed by atoms with Crippen molar-refractivity contribution < 1.29 is 9.18 Å². The van der Waals surface area contributed by atoms with Gasteiger partial charge < -0.3 is 5.32 Å². The Morgan fingerprint density at radius 2 is 1.75 bits per heavy atom. The van der Waals surface area contributed by atoms with Crippen LogP contribution in [-0.2, 0) is 6.54 Å². The highest BCUT2D eigenvalue weighted by Gasteiger charge is 2.12. The summed E-state index contributed by atoms with van der Waals surface area (Å²) in [4.78, 5) is 12.2. The number of benzene rings is 2. The molecule has 1 amide bonds. The molecule has 0 unspecified atom stereocenters. The second-order valence-electron chi connectivity index (χ2n) is 5.04. The number of hydrogen-bond donors (Lipinski definition) is 1. The van der Waals surface area contributed by atoms with E-state index in [2.05, 4.69) is 10.4 Å². The van der Waals surface area contributed by atoms with Crippen LogP contribution in [0.2, 0.25) is 10.0 Å². The molecule has 122 valence electrons. The molecule has 0 aliphatic carbocycles. The summed E-state index contributed by atoms with van der Waals surface area (Å²) in [5, 5.41) is 7.96. The first kappa shape index (κ1) is 16.5. The number of hydrogen-bond acceptors (Lipinski definition) is 2. The van der Waals surface area contributed by atoms with Crippen LogP contribution in [0.15, 0.2) is 54.7 Å². The SMILES string of the molecule is O=C(Nc1ccnn1Cc1c(Cl)cccc1Cl)c1ccc(F)cc1. The number of rotatable bonds is 4. The van der Waals surface area contributed by atoms with Crippen LogP contribution < -0.4 is 5.32 Å². The highest BCUT2D eigenvalue weighted by atomic mass is 35.5. The van der Waals surface area contributed by atoms with Gasteiger partial charge in [-0.25, -0.2) is 9.07 Å². The Morgan fingerprint density at radius 3 is 2.42 bits per heavy atom. The summed E-state index contributed by atoms with van der Waals surface area (Å²) < 4.78 is 14.5. The summed E-state index contributed by atoms with van der Waals surface area (Å²) in [6.07, 6.45) is 1.56. The zero-order valence-corrected chi connectivity index (χ0v) is 13.9. The van der Waals surface area contributed by atoms with Crippen LogP contribution >= 0.6 is 23.2 Å². The topological polar surface area (TPSA) is 46.9 Å². The van der Waals surface area contributed by atoms with Crippen molar-refractivity contribution in [3.63, 3.8) is 0 Å². The van der Waals surface area contributed by atoms with Crippen molar-refractivity contribution in [1.82, 2.24) is 9.78 Å². The molecular weight excluding hydrogens is 352 g/mol. The van der Waals surface area contributed by atoms with Crippen molar-refractivity contribution in [3.8, 4) is 0 Å². The minimum absolute atomic E-state index is 0.310. The summed E-state index contributed by atoms with van der Waals surface area (Å²) >= 11 is 12.3. The van der Waals surface area contributed by atoms with Crippen LogP contribution in [0.4, 0.5) is 10.2 Å². The van der Waals surface area contributed by atoms with Crippen LogP contribution in [0.1, 0.15) is 15.9 Å². The van der Waals surface area contributed by atoms with Gasteiger partial charge in [0.25, 0.3) is 5.91 Å². The second-order valence-corrected chi connectivity index (χ2v) is 5.85. The largest absolute Gasteiger partial charge is 0.307 e. The van der Waals surface area contributed by atoms with Crippen molar-refractivity contribution in [2.24, 2.45) is 0 Å². The van der Waals surface area contributed by atoms with Gasteiger partial charge in [0.15, 0.2) is 0 Å². The number of anilines is 1. The van der Waals surface area contributed by atoms with Crippen LogP contribution in [0.5, 0.6) is 0 Å². The Balaban J connectivity index is 1.80. The smallest absolute Gasteiger partial charge is 0.256 e. The molecule has 2 aromatic carbocycles.